The molecule has 1 N–H and O–H groups in total. The van der Waals surface area contributed by atoms with Crippen LogP contribution < -0.4 is 5.32 Å². The van der Waals surface area contributed by atoms with Crippen LogP contribution in [-0.2, 0) is 16.6 Å². The van der Waals surface area contributed by atoms with E-state index in [1.165, 1.54) is 4.31 Å². The van der Waals surface area contributed by atoms with Gasteiger partial charge in [-0.2, -0.15) is 4.31 Å². The Morgan fingerprint density at radius 1 is 1.00 bits per heavy atom. The summed E-state index contributed by atoms with van der Waals surface area (Å²) in [6.45, 7) is 1.74. The molecule has 0 bridgehead atoms. The topological polar surface area (TPSA) is 82.6 Å². The molecular weight excluding hydrogens is 340 g/mol. The van der Waals surface area contributed by atoms with Crippen LogP contribution in [0.2, 0.25) is 0 Å². The molecule has 1 aromatic heterocycles. The molecule has 0 atom stereocenters. The summed E-state index contributed by atoms with van der Waals surface area (Å²) in [4.78, 5) is 18.1. The largest absolute Gasteiger partial charge is 0.334 e. The highest BCUT2D eigenvalue weighted by molar-refractivity contribution is 7.89. The molecule has 0 saturated carbocycles. The minimum atomic E-state index is -3.50. The molecule has 3 rings (SSSR count). The summed E-state index contributed by atoms with van der Waals surface area (Å²) in [6.07, 6.45) is 3.35. The highest BCUT2D eigenvalue weighted by Gasteiger charge is 2.29. The van der Waals surface area contributed by atoms with Crippen LogP contribution in [0.4, 0.5) is 4.79 Å². The van der Waals surface area contributed by atoms with Gasteiger partial charge in [0.25, 0.3) is 0 Å². The maximum Gasteiger partial charge on any atom is 0.317 e. The van der Waals surface area contributed by atoms with Gasteiger partial charge >= 0.3 is 6.03 Å². The summed E-state index contributed by atoms with van der Waals surface area (Å²) in [6, 6.07) is 11.9. The Morgan fingerprint density at radius 2 is 1.64 bits per heavy atom. The molecule has 0 radical (unpaired) electrons. The molecule has 0 aliphatic carbocycles. The minimum absolute atomic E-state index is 0.187. The second-order valence-electron chi connectivity index (χ2n) is 5.72. The Balaban J connectivity index is 1.54. The quantitative estimate of drug-likeness (QED) is 0.891. The Kier molecular flexibility index (Phi) is 5.30. The number of carbonyl (C=O) groups is 1. The molecule has 8 heteroatoms. The van der Waals surface area contributed by atoms with Crippen molar-refractivity contribution in [2.24, 2.45) is 0 Å². The number of carbonyl (C=O) groups excluding carboxylic acids is 1. The van der Waals surface area contributed by atoms with Crippen molar-refractivity contribution in [3.8, 4) is 0 Å². The lowest BCUT2D eigenvalue weighted by Gasteiger charge is -2.34. The highest BCUT2D eigenvalue weighted by Crippen LogP contribution is 2.17. The first-order valence-electron chi connectivity index (χ1n) is 8.04. The minimum Gasteiger partial charge on any atom is -0.334 e. The third-order valence-corrected chi connectivity index (χ3v) is 6.01. The Hall–Kier alpha value is -2.45. The van der Waals surface area contributed by atoms with Crippen molar-refractivity contribution in [1.29, 1.82) is 0 Å². The lowest BCUT2D eigenvalue weighted by atomic mass is 10.3. The second-order valence-corrected chi connectivity index (χ2v) is 7.66. The molecular formula is C17H20N4O3S. The summed E-state index contributed by atoms with van der Waals surface area (Å²) in [7, 11) is -3.50. The number of rotatable bonds is 4. The standard InChI is InChI=1S/C17H20N4O3S/c22-17(19-14-15-6-8-18-9-7-15)20-10-12-21(13-11-20)25(23,24)16-4-2-1-3-5-16/h1-9H,10-14H2,(H,19,22). The van der Waals surface area contributed by atoms with Crippen molar-refractivity contribution in [3.63, 3.8) is 0 Å². The smallest absolute Gasteiger partial charge is 0.317 e. The van der Waals surface area contributed by atoms with Crippen LogP contribution >= 0.6 is 0 Å². The summed E-state index contributed by atoms with van der Waals surface area (Å²) in [5, 5.41) is 2.85. The zero-order valence-corrected chi connectivity index (χ0v) is 14.5. The predicted octanol–water partition coefficient (Wildman–Crippen LogP) is 1.30. The van der Waals surface area contributed by atoms with Crippen LogP contribution in [0.15, 0.2) is 59.8 Å². The molecule has 2 amide bonds. The van der Waals surface area contributed by atoms with Gasteiger partial charge in [0.15, 0.2) is 0 Å². The van der Waals surface area contributed by atoms with Crippen molar-refractivity contribution in [1.82, 2.24) is 19.5 Å². The third kappa shape index (κ3) is 4.15. The van der Waals surface area contributed by atoms with Crippen LogP contribution in [-0.4, -0.2) is 54.8 Å². The van der Waals surface area contributed by atoms with E-state index in [1.807, 2.05) is 12.1 Å². The van der Waals surface area contributed by atoms with Gasteiger partial charge in [-0.3, -0.25) is 4.98 Å². The van der Waals surface area contributed by atoms with E-state index < -0.39 is 10.0 Å². The second kappa shape index (κ2) is 7.62. The number of urea groups is 1. The van der Waals surface area contributed by atoms with Crippen molar-refractivity contribution < 1.29 is 13.2 Å². The molecule has 25 heavy (non-hydrogen) atoms. The van der Waals surface area contributed by atoms with Gasteiger partial charge in [-0.05, 0) is 29.8 Å². The number of amides is 2. The first-order chi connectivity index (χ1) is 12.1. The number of pyridine rings is 1. The molecule has 1 aliphatic heterocycles. The fraction of sp³-hybridized carbons (Fsp3) is 0.294. The van der Waals surface area contributed by atoms with Gasteiger partial charge < -0.3 is 10.2 Å². The van der Waals surface area contributed by atoms with E-state index in [1.54, 1.807) is 47.6 Å². The van der Waals surface area contributed by atoms with Crippen LogP contribution in [0, 0.1) is 0 Å². The molecule has 2 aromatic rings. The molecule has 1 saturated heterocycles. The van der Waals surface area contributed by atoms with Gasteiger partial charge in [0.05, 0.1) is 4.90 Å². The first kappa shape index (κ1) is 17.4. The SMILES string of the molecule is O=C(NCc1ccncc1)N1CCN(S(=O)(=O)c2ccccc2)CC1. The molecule has 1 aliphatic rings. The third-order valence-electron chi connectivity index (χ3n) is 4.10. The van der Waals surface area contributed by atoms with Gasteiger partial charge in [-0.1, -0.05) is 18.2 Å². The van der Waals surface area contributed by atoms with Crippen LogP contribution in [0.3, 0.4) is 0 Å². The van der Waals surface area contributed by atoms with E-state index in [4.69, 9.17) is 0 Å². The summed E-state index contributed by atoms with van der Waals surface area (Å²) in [5.41, 5.74) is 0.966. The van der Waals surface area contributed by atoms with Crippen molar-refractivity contribution in [2.45, 2.75) is 11.4 Å². The highest BCUT2D eigenvalue weighted by atomic mass is 32.2. The fourth-order valence-electron chi connectivity index (χ4n) is 2.66. The molecule has 2 heterocycles. The number of benzene rings is 1. The van der Waals surface area contributed by atoms with Crippen molar-refractivity contribution in [3.05, 3.63) is 60.4 Å². The summed E-state index contributed by atoms with van der Waals surface area (Å²) in [5.74, 6) is 0. The van der Waals surface area contributed by atoms with Crippen LogP contribution in [0.25, 0.3) is 0 Å². The monoisotopic (exact) mass is 360 g/mol. The van der Waals surface area contributed by atoms with E-state index in [0.717, 1.165) is 5.56 Å². The average molecular weight is 360 g/mol. The number of nitrogens with one attached hydrogen (secondary N) is 1. The van der Waals surface area contributed by atoms with Gasteiger partial charge in [0.2, 0.25) is 10.0 Å². The first-order valence-corrected chi connectivity index (χ1v) is 9.48. The van der Waals surface area contributed by atoms with Crippen LogP contribution in [0.1, 0.15) is 5.56 Å². The summed E-state index contributed by atoms with van der Waals surface area (Å²) >= 11 is 0. The molecule has 0 spiro atoms. The van der Waals surface area contributed by atoms with Crippen LogP contribution in [0.5, 0.6) is 0 Å². The molecule has 1 aromatic carbocycles. The number of sulfonamides is 1. The van der Waals surface area contributed by atoms with Gasteiger partial charge in [-0.15, -0.1) is 0 Å². The maximum atomic E-state index is 12.6. The van der Waals surface area contributed by atoms with E-state index in [-0.39, 0.29) is 10.9 Å². The summed E-state index contributed by atoms with van der Waals surface area (Å²) < 4.78 is 26.6. The molecule has 132 valence electrons. The van der Waals surface area contributed by atoms with Gasteiger partial charge in [0.1, 0.15) is 0 Å². The Morgan fingerprint density at radius 3 is 2.28 bits per heavy atom. The number of hydrogen-bond acceptors (Lipinski definition) is 4. The van der Waals surface area contributed by atoms with Gasteiger partial charge in [0, 0.05) is 45.1 Å². The van der Waals surface area contributed by atoms with E-state index in [0.29, 0.717) is 32.7 Å². The Bertz CT molecular complexity index is 804. The van der Waals surface area contributed by atoms with Crippen molar-refractivity contribution >= 4 is 16.1 Å². The zero-order valence-electron chi connectivity index (χ0n) is 13.7. The molecule has 0 unspecified atom stereocenters. The Labute approximate surface area is 147 Å². The average Bonchev–Trinajstić information content (AvgIpc) is 2.68. The lowest BCUT2D eigenvalue weighted by molar-refractivity contribution is 0.172. The number of hydrogen-bond donors (Lipinski definition) is 1. The molecule has 1 fully saturated rings. The van der Waals surface area contributed by atoms with E-state index >= 15 is 0 Å². The van der Waals surface area contributed by atoms with Crippen molar-refractivity contribution in [2.75, 3.05) is 26.2 Å². The zero-order chi connectivity index (χ0) is 17.7. The number of piperazine rings is 1. The number of nitrogens with zero attached hydrogens (tertiary/aromatic N) is 3. The fourth-order valence-corrected chi connectivity index (χ4v) is 4.11. The van der Waals surface area contributed by atoms with E-state index in [2.05, 4.69) is 10.3 Å². The maximum absolute atomic E-state index is 12.6. The molecule has 7 nitrogen and oxygen atoms in total. The predicted molar refractivity (Wildman–Crippen MR) is 93.2 cm³/mol. The number of aromatic nitrogens is 1. The normalized spacial score (nSPS) is 15.8. The lowest BCUT2D eigenvalue weighted by Crippen LogP contribution is -2.52. The van der Waals surface area contributed by atoms with Gasteiger partial charge in [-0.25, -0.2) is 13.2 Å². The van der Waals surface area contributed by atoms with E-state index in [9.17, 15) is 13.2 Å².